The molecule has 1 saturated heterocycles. The van der Waals surface area contributed by atoms with Crippen molar-refractivity contribution in [3.63, 3.8) is 0 Å². The summed E-state index contributed by atoms with van der Waals surface area (Å²) in [4.78, 5) is 25.8. The minimum atomic E-state index is -0.316. The van der Waals surface area contributed by atoms with E-state index >= 15 is 0 Å². The number of hydrogen-bond donors (Lipinski definition) is 3. The molecule has 2 heterocycles. The molecular weight excluding hydrogens is 266 g/mol. The van der Waals surface area contributed by atoms with Crippen LogP contribution < -0.4 is 10.9 Å². The predicted octanol–water partition coefficient (Wildman–Crippen LogP) is -0.0342. The number of aliphatic hydroxyl groups excluding tert-OH is 1. The molecule has 7 heteroatoms. The van der Waals surface area contributed by atoms with Gasteiger partial charge in [-0.2, -0.15) is 0 Å². The van der Waals surface area contributed by atoms with Crippen molar-refractivity contribution in [2.75, 3.05) is 19.7 Å². The number of hydrogen-bond acceptors (Lipinski definition) is 5. The average Bonchev–Trinajstić information content (AvgIpc) is 3.06. The molecule has 1 aromatic heterocycles. The molecule has 19 heavy (non-hydrogen) atoms. The quantitative estimate of drug-likeness (QED) is 0.678. The Balaban J connectivity index is 1.74. The third kappa shape index (κ3) is 3.76. The summed E-state index contributed by atoms with van der Waals surface area (Å²) in [7, 11) is 0. The molecule has 2 rings (SSSR count). The molecule has 0 saturated carbocycles. The van der Waals surface area contributed by atoms with Gasteiger partial charge in [0.2, 0.25) is 0 Å². The van der Waals surface area contributed by atoms with Gasteiger partial charge in [0.1, 0.15) is 0 Å². The van der Waals surface area contributed by atoms with Crippen molar-refractivity contribution >= 4 is 23.2 Å². The molecule has 1 fully saturated rings. The number of amides is 2. The number of thiophene rings is 1. The number of aliphatic hydroxyl groups is 1. The van der Waals surface area contributed by atoms with E-state index in [1.165, 1.54) is 11.3 Å². The maximum absolute atomic E-state index is 11.7. The van der Waals surface area contributed by atoms with Crippen LogP contribution in [0.15, 0.2) is 17.5 Å². The first kappa shape index (κ1) is 14.0. The summed E-state index contributed by atoms with van der Waals surface area (Å²) in [5.41, 5.74) is 4.76. The minimum Gasteiger partial charge on any atom is -0.395 e. The molecule has 0 unspecified atom stereocenters. The van der Waals surface area contributed by atoms with E-state index in [0.29, 0.717) is 4.88 Å². The van der Waals surface area contributed by atoms with Crippen LogP contribution in [0.4, 0.5) is 0 Å². The number of carbonyl (C=O) groups excluding carboxylic acids is 2. The predicted molar refractivity (Wildman–Crippen MR) is 71.6 cm³/mol. The van der Waals surface area contributed by atoms with Crippen LogP contribution in [0, 0.1) is 0 Å². The van der Waals surface area contributed by atoms with E-state index in [9.17, 15) is 9.59 Å². The summed E-state index contributed by atoms with van der Waals surface area (Å²) in [6.45, 7) is 1.06. The summed E-state index contributed by atoms with van der Waals surface area (Å²) < 4.78 is 0. The van der Waals surface area contributed by atoms with Gasteiger partial charge in [-0.3, -0.25) is 25.3 Å². The van der Waals surface area contributed by atoms with E-state index in [1.54, 1.807) is 17.5 Å². The lowest BCUT2D eigenvalue weighted by molar-refractivity contribution is -0.123. The number of rotatable bonds is 4. The van der Waals surface area contributed by atoms with E-state index in [1.807, 2.05) is 4.90 Å². The van der Waals surface area contributed by atoms with Crippen LogP contribution in [0.25, 0.3) is 0 Å². The second-order valence-electron chi connectivity index (χ2n) is 4.43. The van der Waals surface area contributed by atoms with E-state index < -0.39 is 0 Å². The van der Waals surface area contributed by atoms with E-state index in [0.717, 1.165) is 19.4 Å². The summed E-state index contributed by atoms with van der Waals surface area (Å²) in [5.74, 6) is -0.589. The molecule has 1 aromatic rings. The SMILES string of the molecule is O=C(CN1CCC[C@H]1CO)NNC(=O)c1cccs1. The number of nitrogens with one attached hydrogen (secondary N) is 2. The lowest BCUT2D eigenvalue weighted by atomic mass is 10.2. The highest BCUT2D eigenvalue weighted by Crippen LogP contribution is 2.15. The van der Waals surface area contributed by atoms with Crippen LogP contribution in [-0.4, -0.2) is 47.6 Å². The molecule has 0 aliphatic carbocycles. The van der Waals surface area contributed by atoms with Crippen molar-refractivity contribution in [2.45, 2.75) is 18.9 Å². The van der Waals surface area contributed by atoms with Crippen molar-refractivity contribution < 1.29 is 14.7 Å². The van der Waals surface area contributed by atoms with Crippen molar-refractivity contribution in [3.8, 4) is 0 Å². The van der Waals surface area contributed by atoms with Gasteiger partial charge >= 0.3 is 0 Å². The zero-order valence-electron chi connectivity index (χ0n) is 10.5. The monoisotopic (exact) mass is 283 g/mol. The molecule has 6 nitrogen and oxygen atoms in total. The van der Waals surface area contributed by atoms with Crippen LogP contribution in [0.3, 0.4) is 0 Å². The molecule has 3 N–H and O–H groups in total. The number of hydrazine groups is 1. The molecule has 1 aliphatic heterocycles. The molecular formula is C12H17N3O3S. The Morgan fingerprint density at radius 1 is 1.47 bits per heavy atom. The Morgan fingerprint density at radius 2 is 2.32 bits per heavy atom. The van der Waals surface area contributed by atoms with Gasteiger partial charge in [-0.15, -0.1) is 11.3 Å². The van der Waals surface area contributed by atoms with E-state index in [2.05, 4.69) is 10.9 Å². The second kappa shape index (κ2) is 6.65. The first-order valence-corrected chi connectivity index (χ1v) is 7.06. The van der Waals surface area contributed by atoms with Crippen LogP contribution in [0.1, 0.15) is 22.5 Å². The normalized spacial score (nSPS) is 19.3. The molecule has 2 amide bonds. The van der Waals surface area contributed by atoms with Crippen LogP contribution in [0.2, 0.25) is 0 Å². The summed E-state index contributed by atoms with van der Waals surface area (Å²) in [5, 5.41) is 10.9. The zero-order chi connectivity index (χ0) is 13.7. The Labute approximate surface area is 115 Å². The van der Waals surface area contributed by atoms with Crippen LogP contribution in [0.5, 0.6) is 0 Å². The van der Waals surface area contributed by atoms with Gasteiger partial charge in [0, 0.05) is 6.04 Å². The number of nitrogens with zero attached hydrogens (tertiary/aromatic N) is 1. The highest BCUT2D eigenvalue weighted by atomic mass is 32.1. The van der Waals surface area contributed by atoms with Crippen molar-refractivity contribution in [1.29, 1.82) is 0 Å². The molecule has 1 aliphatic rings. The van der Waals surface area contributed by atoms with E-state index in [-0.39, 0.29) is 31.0 Å². The smallest absolute Gasteiger partial charge is 0.279 e. The summed E-state index contributed by atoms with van der Waals surface area (Å²) >= 11 is 1.31. The van der Waals surface area contributed by atoms with Gasteiger partial charge in [0.05, 0.1) is 18.0 Å². The Morgan fingerprint density at radius 3 is 3.00 bits per heavy atom. The largest absolute Gasteiger partial charge is 0.395 e. The molecule has 0 bridgehead atoms. The zero-order valence-corrected chi connectivity index (χ0v) is 11.3. The standard InChI is InChI=1S/C12H17N3O3S/c16-8-9-3-1-5-15(9)7-11(17)13-14-12(18)10-4-2-6-19-10/h2,4,6,9,16H,1,3,5,7-8H2,(H,13,17)(H,14,18)/t9-/m0/s1. The summed E-state index contributed by atoms with van der Waals surface area (Å²) in [6, 6.07) is 3.52. The van der Waals surface area contributed by atoms with E-state index in [4.69, 9.17) is 5.11 Å². The van der Waals surface area contributed by atoms with Crippen molar-refractivity contribution in [1.82, 2.24) is 15.8 Å². The van der Waals surface area contributed by atoms with Gasteiger partial charge in [0.25, 0.3) is 11.8 Å². The van der Waals surface area contributed by atoms with Crippen LogP contribution >= 0.6 is 11.3 Å². The lowest BCUT2D eigenvalue weighted by Gasteiger charge is -2.21. The van der Waals surface area contributed by atoms with Gasteiger partial charge in [-0.1, -0.05) is 6.07 Å². The third-order valence-corrected chi connectivity index (χ3v) is 3.99. The Hall–Kier alpha value is -1.44. The molecule has 0 radical (unpaired) electrons. The Bertz CT molecular complexity index is 435. The molecule has 104 valence electrons. The van der Waals surface area contributed by atoms with Crippen LogP contribution in [-0.2, 0) is 4.79 Å². The first-order chi connectivity index (χ1) is 9.20. The first-order valence-electron chi connectivity index (χ1n) is 6.18. The number of likely N-dealkylation sites (tertiary alicyclic amines) is 1. The highest BCUT2D eigenvalue weighted by Gasteiger charge is 2.25. The van der Waals surface area contributed by atoms with Gasteiger partial charge in [-0.25, -0.2) is 0 Å². The topological polar surface area (TPSA) is 81.7 Å². The molecule has 1 atom stereocenters. The second-order valence-corrected chi connectivity index (χ2v) is 5.38. The minimum absolute atomic E-state index is 0.0544. The lowest BCUT2D eigenvalue weighted by Crippen LogP contribution is -2.47. The maximum Gasteiger partial charge on any atom is 0.279 e. The fourth-order valence-electron chi connectivity index (χ4n) is 2.13. The third-order valence-electron chi connectivity index (χ3n) is 3.12. The van der Waals surface area contributed by atoms with Crippen molar-refractivity contribution in [2.24, 2.45) is 0 Å². The highest BCUT2D eigenvalue weighted by molar-refractivity contribution is 7.12. The van der Waals surface area contributed by atoms with Crippen molar-refractivity contribution in [3.05, 3.63) is 22.4 Å². The fraction of sp³-hybridized carbons (Fsp3) is 0.500. The molecule has 0 aromatic carbocycles. The average molecular weight is 283 g/mol. The van der Waals surface area contributed by atoms with Gasteiger partial charge < -0.3 is 5.11 Å². The Kier molecular flexibility index (Phi) is 4.89. The summed E-state index contributed by atoms with van der Waals surface area (Å²) in [6.07, 6.45) is 1.89. The fourth-order valence-corrected chi connectivity index (χ4v) is 2.75. The molecule has 0 spiro atoms. The van der Waals surface area contributed by atoms with Gasteiger partial charge in [0.15, 0.2) is 0 Å². The maximum atomic E-state index is 11.7. The van der Waals surface area contributed by atoms with Gasteiger partial charge in [-0.05, 0) is 30.8 Å². The number of carbonyl (C=O) groups is 2.